The predicted molar refractivity (Wildman–Crippen MR) is 94.0 cm³/mol. The topological polar surface area (TPSA) is 52.2 Å². The Bertz CT molecular complexity index is 688. The van der Waals surface area contributed by atoms with Gasteiger partial charge in [0.05, 0.1) is 22.8 Å². The number of piperazine rings is 1. The number of thioether (sulfide) groups is 1. The van der Waals surface area contributed by atoms with Crippen molar-refractivity contribution >= 4 is 23.4 Å². The molecular formula is C17H21FN4OS. The molecule has 1 aromatic carbocycles. The number of H-pyrrole nitrogens is 1. The Balaban J connectivity index is 1.51. The molecule has 7 heteroatoms. The van der Waals surface area contributed by atoms with Crippen LogP contribution in [-0.4, -0.2) is 52.9 Å². The molecule has 0 atom stereocenters. The van der Waals surface area contributed by atoms with Crippen molar-refractivity contribution in [2.75, 3.05) is 36.8 Å². The van der Waals surface area contributed by atoms with Crippen molar-refractivity contribution in [2.24, 2.45) is 0 Å². The second-order valence-corrected chi connectivity index (χ2v) is 6.94. The van der Waals surface area contributed by atoms with Gasteiger partial charge in [0.25, 0.3) is 0 Å². The number of aryl methyl sites for hydroxylation is 2. The summed E-state index contributed by atoms with van der Waals surface area (Å²) in [5.41, 5.74) is 3.22. The maximum absolute atomic E-state index is 12.9. The van der Waals surface area contributed by atoms with Gasteiger partial charge in [0.1, 0.15) is 5.82 Å². The molecule has 1 fully saturated rings. The zero-order valence-corrected chi connectivity index (χ0v) is 14.7. The number of nitrogens with zero attached hydrogens (tertiary/aromatic N) is 3. The quantitative estimate of drug-likeness (QED) is 0.863. The minimum atomic E-state index is -0.258. The third-order valence-corrected chi connectivity index (χ3v) is 5.21. The molecule has 0 saturated carbocycles. The molecule has 2 heterocycles. The molecular weight excluding hydrogens is 327 g/mol. The van der Waals surface area contributed by atoms with Gasteiger partial charge in [-0.2, -0.15) is 5.10 Å². The zero-order valence-electron chi connectivity index (χ0n) is 13.9. The molecule has 1 saturated heterocycles. The summed E-state index contributed by atoms with van der Waals surface area (Å²) in [5.74, 6) is 0.256. The Hall–Kier alpha value is -2.02. The van der Waals surface area contributed by atoms with E-state index < -0.39 is 0 Å². The van der Waals surface area contributed by atoms with Gasteiger partial charge in [0.15, 0.2) is 0 Å². The molecule has 1 N–H and O–H groups in total. The van der Waals surface area contributed by atoms with Gasteiger partial charge in [0.2, 0.25) is 5.91 Å². The van der Waals surface area contributed by atoms with Crippen LogP contribution in [0.4, 0.5) is 10.1 Å². The Morgan fingerprint density at radius 1 is 1.21 bits per heavy atom. The highest BCUT2D eigenvalue weighted by Crippen LogP contribution is 2.24. The molecule has 0 bridgehead atoms. The number of hydrogen-bond acceptors (Lipinski definition) is 4. The van der Waals surface area contributed by atoms with E-state index in [4.69, 9.17) is 0 Å². The molecule has 1 aliphatic heterocycles. The smallest absolute Gasteiger partial charge is 0.233 e. The van der Waals surface area contributed by atoms with Gasteiger partial charge in [0, 0.05) is 31.1 Å². The molecule has 1 amide bonds. The highest BCUT2D eigenvalue weighted by atomic mass is 32.2. The largest absolute Gasteiger partial charge is 0.365 e. The van der Waals surface area contributed by atoms with E-state index in [2.05, 4.69) is 15.1 Å². The van der Waals surface area contributed by atoms with Crippen LogP contribution in [0.15, 0.2) is 29.2 Å². The highest BCUT2D eigenvalue weighted by molar-refractivity contribution is 8.00. The van der Waals surface area contributed by atoms with E-state index in [9.17, 15) is 9.18 Å². The highest BCUT2D eigenvalue weighted by Gasteiger charge is 2.23. The van der Waals surface area contributed by atoms with Crippen molar-refractivity contribution in [3.8, 4) is 0 Å². The fourth-order valence-electron chi connectivity index (χ4n) is 2.96. The third-order valence-electron chi connectivity index (χ3n) is 4.21. The summed E-state index contributed by atoms with van der Waals surface area (Å²) in [5, 5.41) is 7.25. The average molecular weight is 348 g/mol. The summed E-state index contributed by atoms with van der Waals surface area (Å²) in [6.07, 6.45) is 0. The SMILES string of the molecule is Cc1n[nH]c(C)c1N1CCN(C(=O)CSc2ccc(F)cc2)CC1. The molecule has 5 nitrogen and oxygen atoms in total. The first-order valence-corrected chi connectivity index (χ1v) is 8.96. The summed E-state index contributed by atoms with van der Waals surface area (Å²) in [4.78, 5) is 17.5. The minimum absolute atomic E-state index is 0.129. The first-order chi connectivity index (χ1) is 11.5. The van der Waals surface area contributed by atoms with Crippen LogP contribution in [0.2, 0.25) is 0 Å². The fraction of sp³-hybridized carbons (Fsp3) is 0.412. The first-order valence-electron chi connectivity index (χ1n) is 7.97. The molecule has 128 valence electrons. The van der Waals surface area contributed by atoms with Crippen molar-refractivity contribution in [1.82, 2.24) is 15.1 Å². The van der Waals surface area contributed by atoms with E-state index >= 15 is 0 Å². The minimum Gasteiger partial charge on any atom is -0.365 e. The number of anilines is 1. The zero-order chi connectivity index (χ0) is 17.1. The van der Waals surface area contributed by atoms with E-state index in [0.29, 0.717) is 18.8 Å². The lowest BCUT2D eigenvalue weighted by Crippen LogP contribution is -2.49. The van der Waals surface area contributed by atoms with Gasteiger partial charge in [-0.05, 0) is 38.1 Å². The molecule has 0 spiro atoms. The average Bonchev–Trinajstić information content (AvgIpc) is 2.93. The van der Waals surface area contributed by atoms with E-state index in [0.717, 1.165) is 35.1 Å². The Kier molecular flexibility index (Phi) is 5.08. The van der Waals surface area contributed by atoms with Crippen molar-refractivity contribution in [3.63, 3.8) is 0 Å². The lowest BCUT2D eigenvalue weighted by atomic mass is 10.2. The molecule has 0 aliphatic carbocycles. The molecule has 1 aliphatic rings. The number of halogens is 1. The molecule has 3 rings (SSSR count). The van der Waals surface area contributed by atoms with E-state index in [-0.39, 0.29) is 11.7 Å². The number of rotatable bonds is 4. The second-order valence-electron chi connectivity index (χ2n) is 5.89. The Morgan fingerprint density at radius 2 is 1.88 bits per heavy atom. The standard InChI is InChI=1S/C17H21FN4OS/c1-12-17(13(2)20-19-12)22-9-7-21(8-10-22)16(23)11-24-15-5-3-14(18)4-6-15/h3-6H,7-11H2,1-2H3,(H,19,20). The number of aromatic amines is 1. The van der Waals surface area contributed by atoms with Crippen LogP contribution in [0, 0.1) is 19.7 Å². The van der Waals surface area contributed by atoms with Gasteiger partial charge < -0.3 is 9.80 Å². The summed E-state index contributed by atoms with van der Waals surface area (Å²) >= 11 is 1.45. The third kappa shape index (κ3) is 3.72. The van der Waals surface area contributed by atoms with E-state index in [1.165, 1.54) is 23.9 Å². The summed E-state index contributed by atoms with van der Waals surface area (Å²) in [6.45, 7) is 7.07. The maximum atomic E-state index is 12.9. The molecule has 24 heavy (non-hydrogen) atoms. The van der Waals surface area contributed by atoms with Crippen LogP contribution in [0.3, 0.4) is 0 Å². The molecule has 0 radical (unpaired) electrons. The Labute approximate surface area is 145 Å². The summed E-state index contributed by atoms with van der Waals surface area (Å²) in [6, 6.07) is 6.24. The molecule has 1 aromatic heterocycles. The molecule has 0 unspecified atom stereocenters. The van der Waals surface area contributed by atoms with E-state index in [1.807, 2.05) is 18.7 Å². The van der Waals surface area contributed by atoms with Gasteiger partial charge >= 0.3 is 0 Å². The molecule has 2 aromatic rings. The van der Waals surface area contributed by atoms with Gasteiger partial charge in [-0.15, -0.1) is 11.8 Å². The normalized spacial score (nSPS) is 15.0. The van der Waals surface area contributed by atoms with Gasteiger partial charge in [-0.1, -0.05) is 0 Å². The number of hydrogen-bond donors (Lipinski definition) is 1. The van der Waals surface area contributed by atoms with Gasteiger partial charge in [-0.3, -0.25) is 9.89 Å². The van der Waals surface area contributed by atoms with Crippen LogP contribution in [0.25, 0.3) is 0 Å². The lowest BCUT2D eigenvalue weighted by molar-refractivity contribution is -0.128. The lowest BCUT2D eigenvalue weighted by Gasteiger charge is -2.36. The van der Waals surface area contributed by atoms with Crippen LogP contribution < -0.4 is 4.90 Å². The van der Waals surface area contributed by atoms with E-state index in [1.54, 1.807) is 12.1 Å². The maximum Gasteiger partial charge on any atom is 0.233 e. The van der Waals surface area contributed by atoms with Crippen molar-refractivity contribution < 1.29 is 9.18 Å². The Morgan fingerprint density at radius 3 is 2.46 bits per heavy atom. The van der Waals surface area contributed by atoms with Crippen LogP contribution >= 0.6 is 11.8 Å². The van der Waals surface area contributed by atoms with Crippen molar-refractivity contribution in [3.05, 3.63) is 41.5 Å². The van der Waals surface area contributed by atoms with Crippen molar-refractivity contribution in [1.29, 1.82) is 0 Å². The number of benzene rings is 1. The van der Waals surface area contributed by atoms with Crippen LogP contribution in [0.1, 0.15) is 11.4 Å². The predicted octanol–water partition coefficient (Wildman–Crippen LogP) is 2.61. The number of carbonyl (C=O) groups is 1. The number of nitrogens with one attached hydrogen (secondary N) is 1. The van der Waals surface area contributed by atoms with Crippen LogP contribution in [-0.2, 0) is 4.79 Å². The number of amides is 1. The number of aromatic nitrogens is 2. The van der Waals surface area contributed by atoms with Crippen molar-refractivity contribution in [2.45, 2.75) is 18.7 Å². The summed E-state index contributed by atoms with van der Waals surface area (Å²) in [7, 11) is 0. The van der Waals surface area contributed by atoms with Gasteiger partial charge in [-0.25, -0.2) is 4.39 Å². The monoisotopic (exact) mass is 348 g/mol. The van der Waals surface area contributed by atoms with Crippen LogP contribution in [0.5, 0.6) is 0 Å². The fourth-order valence-corrected chi connectivity index (χ4v) is 3.76. The summed E-state index contributed by atoms with van der Waals surface area (Å²) < 4.78 is 12.9. The first kappa shape index (κ1) is 16.8. The second kappa shape index (κ2) is 7.25. The number of carbonyl (C=O) groups excluding carboxylic acids is 1.